The number of hydrogen-bond donors (Lipinski definition) is 1. The monoisotopic (exact) mass is 260 g/mol. The summed E-state index contributed by atoms with van der Waals surface area (Å²) in [6.07, 6.45) is 2.76. The van der Waals surface area contributed by atoms with Gasteiger partial charge in [-0.15, -0.1) is 0 Å². The van der Waals surface area contributed by atoms with Crippen molar-refractivity contribution in [1.29, 1.82) is 5.26 Å². The summed E-state index contributed by atoms with van der Waals surface area (Å²) in [5.74, 6) is -0.103. The normalized spacial score (nSPS) is 12.2. The minimum Gasteiger partial charge on any atom is -0.361 e. The van der Waals surface area contributed by atoms with Crippen LogP contribution in [0.4, 0.5) is 0 Å². The molecule has 2 heteroatoms. The van der Waals surface area contributed by atoms with Gasteiger partial charge in [0, 0.05) is 17.1 Å². The predicted octanol–water partition coefficient (Wildman–Crippen LogP) is 4.33. The van der Waals surface area contributed by atoms with Crippen LogP contribution in [0.15, 0.2) is 54.7 Å². The van der Waals surface area contributed by atoms with Gasteiger partial charge in [-0.05, 0) is 30.5 Å². The molecule has 2 aromatic carbocycles. The van der Waals surface area contributed by atoms with E-state index in [0.717, 1.165) is 17.5 Å². The molecule has 0 saturated heterocycles. The second kappa shape index (κ2) is 5.22. The lowest BCUT2D eigenvalue weighted by molar-refractivity contribution is 0.853. The molecule has 0 amide bonds. The number of rotatable bonds is 3. The van der Waals surface area contributed by atoms with E-state index >= 15 is 0 Å². The van der Waals surface area contributed by atoms with Crippen LogP contribution in [-0.4, -0.2) is 4.98 Å². The number of nitriles is 1. The van der Waals surface area contributed by atoms with Gasteiger partial charge >= 0.3 is 0 Å². The third kappa shape index (κ3) is 2.31. The largest absolute Gasteiger partial charge is 0.361 e. The molecule has 1 N–H and O–H groups in total. The zero-order valence-corrected chi connectivity index (χ0v) is 11.4. The summed E-state index contributed by atoms with van der Waals surface area (Å²) >= 11 is 0. The lowest BCUT2D eigenvalue weighted by Gasteiger charge is -2.09. The number of fused-ring (bicyclic) bond motifs is 1. The average Bonchev–Trinajstić information content (AvgIpc) is 2.88. The molecule has 3 rings (SSSR count). The van der Waals surface area contributed by atoms with E-state index in [1.807, 2.05) is 30.5 Å². The van der Waals surface area contributed by atoms with Crippen LogP contribution in [0.5, 0.6) is 0 Å². The fourth-order valence-electron chi connectivity index (χ4n) is 2.65. The van der Waals surface area contributed by atoms with Gasteiger partial charge in [0.15, 0.2) is 0 Å². The topological polar surface area (TPSA) is 39.6 Å². The maximum atomic E-state index is 9.48. The molecule has 0 spiro atoms. The van der Waals surface area contributed by atoms with Gasteiger partial charge < -0.3 is 4.98 Å². The van der Waals surface area contributed by atoms with Crippen LogP contribution in [0.1, 0.15) is 22.6 Å². The lowest BCUT2D eigenvalue weighted by Crippen LogP contribution is -2.00. The molecule has 2 nitrogen and oxygen atoms in total. The van der Waals surface area contributed by atoms with Gasteiger partial charge in [0.25, 0.3) is 0 Å². The van der Waals surface area contributed by atoms with Crippen molar-refractivity contribution < 1.29 is 0 Å². The summed E-state index contributed by atoms with van der Waals surface area (Å²) in [7, 11) is 0. The number of H-pyrrole nitrogens is 1. The molecule has 0 aliphatic carbocycles. The fraction of sp³-hybridized carbons (Fsp3) is 0.167. The quantitative estimate of drug-likeness (QED) is 0.748. The van der Waals surface area contributed by atoms with Gasteiger partial charge in [-0.25, -0.2) is 0 Å². The second-order valence-electron chi connectivity index (χ2n) is 5.16. The minimum absolute atomic E-state index is 0.103. The van der Waals surface area contributed by atoms with E-state index in [1.165, 1.54) is 16.5 Å². The summed E-state index contributed by atoms with van der Waals surface area (Å²) < 4.78 is 0. The van der Waals surface area contributed by atoms with Crippen molar-refractivity contribution >= 4 is 10.9 Å². The Balaban J connectivity index is 1.94. The maximum Gasteiger partial charge on any atom is 0.0753 e. The molecule has 0 saturated carbocycles. The second-order valence-corrected chi connectivity index (χ2v) is 5.16. The first kappa shape index (κ1) is 12.5. The van der Waals surface area contributed by atoms with Crippen LogP contribution in [0.3, 0.4) is 0 Å². The molecule has 0 radical (unpaired) electrons. The number of nitrogens with zero attached hydrogens (tertiary/aromatic N) is 1. The average molecular weight is 260 g/mol. The van der Waals surface area contributed by atoms with E-state index in [1.54, 1.807) is 0 Å². The van der Waals surface area contributed by atoms with Crippen molar-refractivity contribution in [3.63, 3.8) is 0 Å². The number of aromatic nitrogens is 1. The van der Waals surface area contributed by atoms with Gasteiger partial charge in [0.2, 0.25) is 0 Å². The molecular formula is C18H16N2. The first-order valence-corrected chi connectivity index (χ1v) is 6.79. The fourth-order valence-corrected chi connectivity index (χ4v) is 2.65. The van der Waals surface area contributed by atoms with Crippen LogP contribution >= 0.6 is 0 Å². The Bertz CT molecular complexity index is 777. The molecule has 0 fully saturated rings. The summed E-state index contributed by atoms with van der Waals surface area (Å²) in [6, 6.07) is 18.9. The van der Waals surface area contributed by atoms with E-state index in [0.29, 0.717) is 0 Å². The van der Waals surface area contributed by atoms with Crippen molar-refractivity contribution in [2.24, 2.45) is 0 Å². The molecule has 1 aromatic heterocycles. The summed E-state index contributed by atoms with van der Waals surface area (Å²) in [4.78, 5) is 3.27. The smallest absolute Gasteiger partial charge is 0.0753 e. The molecule has 1 heterocycles. The maximum absolute atomic E-state index is 9.48. The molecular weight excluding hydrogens is 244 g/mol. The van der Waals surface area contributed by atoms with Crippen LogP contribution in [0.2, 0.25) is 0 Å². The Kier molecular flexibility index (Phi) is 3.26. The first-order valence-electron chi connectivity index (χ1n) is 6.79. The molecule has 0 aliphatic heterocycles. The van der Waals surface area contributed by atoms with Crippen molar-refractivity contribution in [2.75, 3.05) is 0 Å². The SMILES string of the molecule is Cc1cccc(C(C#N)Cc2c[nH]c3ccccc23)c1. The van der Waals surface area contributed by atoms with Gasteiger partial charge in [-0.2, -0.15) is 5.26 Å². The van der Waals surface area contributed by atoms with E-state index in [2.05, 4.69) is 42.2 Å². The Morgan fingerprint density at radius 3 is 2.80 bits per heavy atom. The number of benzene rings is 2. The highest BCUT2D eigenvalue weighted by Gasteiger charge is 2.14. The zero-order chi connectivity index (χ0) is 13.9. The number of aryl methyl sites for hydroxylation is 1. The van der Waals surface area contributed by atoms with Gasteiger partial charge in [0.1, 0.15) is 0 Å². The molecule has 0 aliphatic rings. The van der Waals surface area contributed by atoms with Crippen LogP contribution in [0.25, 0.3) is 10.9 Å². The van der Waals surface area contributed by atoms with Gasteiger partial charge in [0.05, 0.1) is 12.0 Å². The van der Waals surface area contributed by atoms with E-state index in [9.17, 15) is 5.26 Å². The first-order chi connectivity index (χ1) is 9.78. The van der Waals surface area contributed by atoms with Crippen molar-refractivity contribution in [3.05, 3.63) is 71.4 Å². The van der Waals surface area contributed by atoms with Crippen LogP contribution < -0.4 is 0 Å². The van der Waals surface area contributed by atoms with E-state index in [4.69, 9.17) is 0 Å². The highest BCUT2D eigenvalue weighted by Crippen LogP contribution is 2.26. The minimum atomic E-state index is -0.103. The van der Waals surface area contributed by atoms with Gasteiger partial charge in [-0.3, -0.25) is 0 Å². The summed E-state index contributed by atoms with van der Waals surface area (Å²) in [6.45, 7) is 2.06. The molecule has 0 bridgehead atoms. The van der Waals surface area contributed by atoms with Crippen molar-refractivity contribution in [3.8, 4) is 6.07 Å². The molecule has 98 valence electrons. The van der Waals surface area contributed by atoms with Crippen molar-refractivity contribution in [2.45, 2.75) is 19.3 Å². The molecule has 1 atom stereocenters. The van der Waals surface area contributed by atoms with Crippen molar-refractivity contribution in [1.82, 2.24) is 4.98 Å². The Morgan fingerprint density at radius 2 is 2.00 bits per heavy atom. The number of para-hydroxylation sites is 1. The van der Waals surface area contributed by atoms with E-state index < -0.39 is 0 Å². The highest BCUT2D eigenvalue weighted by atomic mass is 14.7. The predicted molar refractivity (Wildman–Crippen MR) is 81.5 cm³/mol. The summed E-state index contributed by atoms with van der Waals surface area (Å²) in [5.41, 5.74) is 4.62. The van der Waals surface area contributed by atoms with Crippen LogP contribution in [-0.2, 0) is 6.42 Å². The van der Waals surface area contributed by atoms with Crippen LogP contribution in [0, 0.1) is 18.3 Å². The summed E-state index contributed by atoms with van der Waals surface area (Å²) in [5, 5.41) is 10.7. The number of aromatic amines is 1. The van der Waals surface area contributed by atoms with E-state index in [-0.39, 0.29) is 5.92 Å². The zero-order valence-electron chi connectivity index (χ0n) is 11.4. The lowest BCUT2D eigenvalue weighted by atomic mass is 9.92. The number of hydrogen-bond acceptors (Lipinski definition) is 1. The number of nitrogens with one attached hydrogen (secondary N) is 1. The molecule has 20 heavy (non-hydrogen) atoms. The van der Waals surface area contributed by atoms with Gasteiger partial charge in [-0.1, -0.05) is 48.0 Å². The molecule has 1 unspecified atom stereocenters. The third-order valence-electron chi connectivity index (χ3n) is 3.70. The Labute approximate surface area is 118 Å². The Hall–Kier alpha value is -2.53. The standard InChI is InChI=1S/C18H16N2/c1-13-5-4-6-14(9-13)15(11-19)10-16-12-20-18-8-3-2-7-17(16)18/h2-9,12,15,20H,10H2,1H3. The molecule has 3 aromatic rings. The highest BCUT2D eigenvalue weighted by molar-refractivity contribution is 5.83. The third-order valence-corrected chi connectivity index (χ3v) is 3.70. The Morgan fingerprint density at radius 1 is 1.15 bits per heavy atom.